The quantitative estimate of drug-likeness (QED) is 0.0254. The fourth-order valence-electron chi connectivity index (χ4n) is 11.2. The molecule has 26 heteroatoms. The lowest BCUT2D eigenvalue weighted by atomic mass is 9.83. The fraction of sp³-hybridized carbons (Fsp3) is 0.540. The summed E-state index contributed by atoms with van der Waals surface area (Å²) in [6.07, 6.45) is 4.73. The lowest BCUT2D eigenvalue weighted by Crippen LogP contribution is -2.63. The molecule has 6 rings (SSSR count). The van der Waals surface area contributed by atoms with E-state index in [1.807, 2.05) is 26.0 Å². The zero-order valence-electron chi connectivity index (χ0n) is 52.3. The van der Waals surface area contributed by atoms with Crippen molar-refractivity contribution in [3.05, 3.63) is 99.1 Å². The third-order valence-corrected chi connectivity index (χ3v) is 17.6. The largest absolute Gasteiger partial charge is 0.457 e. The minimum absolute atomic E-state index is 0.0434. The van der Waals surface area contributed by atoms with Crippen LogP contribution in [0.25, 0.3) is 0 Å². The lowest BCUT2D eigenvalue weighted by Gasteiger charge is -2.42. The molecule has 4 aliphatic heterocycles. The van der Waals surface area contributed by atoms with Gasteiger partial charge in [-0.25, -0.2) is 14.4 Å². The van der Waals surface area contributed by atoms with E-state index in [-0.39, 0.29) is 73.2 Å². The van der Waals surface area contributed by atoms with E-state index in [2.05, 4.69) is 26.6 Å². The Bertz CT molecular complexity index is 3150. The van der Waals surface area contributed by atoms with Gasteiger partial charge in [-0.15, -0.1) is 0 Å². The number of rotatable bonds is 23. The van der Waals surface area contributed by atoms with Crippen LogP contribution in [-0.4, -0.2) is 174 Å². The second kappa shape index (κ2) is 30.8. The van der Waals surface area contributed by atoms with Gasteiger partial charge < -0.3 is 60.9 Å². The molecule has 0 aromatic heterocycles. The summed E-state index contributed by atoms with van der Waals surface area (Å²) in [7, 11) is 5.69. The average Bonchev–Trinajstić information content (AvgIpc) is 1.75. The number of nitrogens with two attached hydrogens (primary N) is 1. The number of nitrogens with one attached hydrogen (secondary N) is 5. The number of thiocarbonyl (C=S) groups is 1. The van der Waals surface area contributed by atoms with Crippen molar-refractivity contribution < 1.29 is 72.0 Å². The summed E-state index contributed by atoms with van der Waals surface area (Å²) in [6, 6.07) is 3.72. The maximum absolute atomic E-state index is 14.5. The van der Waals surface area contributed by atoms with Crippen molar-refractivity contribution in [2.45, 2.75) is 167 Å². The van der Waals surface area contributed by atoms with Gasteiger partial charge >= 0.3 is 18.1 Å². The van der Waals surface area contributed by atoms with Crippen LogP contribution in [0, 0.1) is 18.8 Å². The van der Waals surface area contributed by atoms with Crippen molar-refractivity contribution in [3.8, 4) is 0 Å². The predicted octanol–water partition coefficient (Wildman–Crippen LogP) is 4.96. The molecule has 0 aliphatic carbocycles. The smallest absolute Gasteiger partial charge is 0.409 e. The lowest BCUT2D eigenvalue weighted by molar-refractivity contribution is -0.158. The molecule has 0 saturated carbocycles. The van der Waals surface area contributed by atoms with Gasteiger partial charge in [-0.1, -0.05) is 86.9 Å². The van der Waals surface area contributed by atoms with Gasteiger partial charge in [0.05, 0.1) is 34.3 Å². The number of carbonyl (C=O) groups excluding carboxylic acids is 10. The minimum atomic E-state index is -1.92. The van der Waals surface area contributed by atoms with Gasteiger partial charge in [-0.05, 0) is 107 Å². The first kappa shape index (κ1) is 70.5. The van der Waals surface area contributed by atoms with E-state index in [0.717, 1.165) is 16.0 Å². The maximum atomic E-state index is 14.5. The van der Waals surface area contributed by atoms with Crippen LogP contribution in [-0.2, 0) is 60.6 Å². The third kappa shape index (κ3) is 17.9. The number of primary amides is 1. The number of aliphatic hydroxyl groups is 1. The van der Waals surface area contributed by atoms with E-state index in [1.54, 1.807) is 53.0 Å². The van der Waals surface area contributed by atoms with Gasteiger partial charge in [0.15, 0.2) is 11.5 Å². The van der Waals surface area contributed by atoms with E-state index < -0.39 is 114 Å². The van der Waals surface area contributed by atoms with E-state index in [4.69, 9.17) is 48.5 Å². The Balaban J connectivity index is 1.20. The van der Waals surface area contributed by atoms with Crippen molar-refractivity contribution in [2.24, 2.45) is 17.6 Å². The van der Waals surface area contributed by atoms with Crippen LogP contribution in [0.4, 0.5) is 15.3 Å². The topological polar surface area (TPSA) is 327 Å². The summed E-state index contributed by atoms with van der Waals surface area (Å²) >= 11 is 12.5. The van der Waals surface area contributed by atoms with Crippen LogP contribution < -0.4 is 37.2 Å². The van der Waals surface area contributed by atoms with Gasteiger partial charge in [0.1, 0.15) is 36.0 Å². The van der Waals surface area contributed by atoms with Crippen molar-refractivity contribution in [1.29, 1.82) is 0 Å². The molecule has 2 fully saturated rings. The highest BCUT2D eigenvalue weighted by Crippen LogP contribution is 2.49. The number of aryl methyl sites for hydroxylation is 1. The molecular weight excluding hydrogens is 1190 g/mol. The second-order valence-corrected chi connectivity index (χ2v) is 24.7. The predicted molar refractivity (Wildman–Crippen MR) is 334 cm³/mol. The highest BCUT2D eigenvalue weighted by Gasteiger charge is 2.64. The van der Waals surface area contributed by atoms with E-state index in [1.165, 1.54) is 68.3 Å². The number of imide groups is 1. The summed E-state index contributed by atoms with van der Waals surface area (Å²) in [6.45, 7) is 12.5. The van der Waals surface area contributed by atoms with Crippen molar-refractivity contribution >= 4 is 93.8 Å². The molecule has 8 N–H and O–H groups in total. The van der Waals surface area contributed by atoms with Crippen LogP contribution in [0.2, 0.25) is 5.02 Å². The van der Waals surface area contributed by atoms with Gasteiger partial charge in [-0.2, -0.15) is 0 Å². The van der Waals surface area contributed by atoms with Gasteiger partial charge in [0.2, 0.25) is 11.8 Å². The SMILES string of the molecule is CNC(=O)c1cc(C(=O)N(C)[C@@H](C)C(=O)O[C@H]2CC(=O)N(C)c3cc(cc(C)c3Cl)C/C(C)=C/C=C/[C@@H](OC)[C@@]3(O)C[C@H](OC(=O)N3)[C@@H](C)[C@@H]3O[C@@]23C)ccc1CC(=O)[C@H](CCCNC(N)=O)NC(=O)[C@@H](NC(=S)CCCCCN1C(=O)C=CC1=O)C(C)C. The summed E-state index contributed by atoms with van der Waals surface area (Å²) in [4.78, 5) is 138. The number of hydrogen-bond acceptors (Lipinski definition) is 16. The molecular formula is C63H84ClN9O15S. The summed E-state index contributed by atoms with van der Waals surface area (Å²) in [5.74, 6) is -5.49. The standard InChI is InChI=1S/C63H84ClN9O15S/c1-34(2)54(69-49(89)20-13-12-14-26-73-50(75)23-24-51(73)76)57(79)68-43(18-16-25-67-60(65)82)45(74)31-40-21-22-41(30-42(40)56(78)66-8)58(80)71(9)38(6)59(81)87-48-32-52(77)72(10)44-29-39(28-36(4)53(44)64)27-35(3)17-15-19-47(85-11)63(84)33-46(86-61(83)70-63)37(5)55-62(48,7)88-55/h15,17,19,21-24,28-30,34,37-38,43,46-48,54-55,84H,12-14,16,18,20,25-27,31-33H2,1-11H3,(H,66,78)(H,68,79)(H,69,89)(H,70,83)(H3,65,67,82)/b19-15+,35-17+/t37-,38+,43+,46+,47-,48+,54+,55+,62+,63+/m1/s1. The fourth-order valence-corrected chi connectivity index (χ4v) is 11.7. The van der Waals surface area contributed by atoms with Gasteiger partial charge in [0, 0.05) is 83.4 Å². The number of carbonyl (C=O) groups is 10. The van der Waals surface area contributed by atoms with Crippen molar-refractivity contribution in [2.75, 3.05) is 46.2 Å². The molecule has 2 aromatic carbocycles. The number of amides is 9. The molecule has 2 saturated heterocycles. The number of benzene rings is 2. The van der Waals surface area contributed by atoms with Crippen LogP contribution in [0.5, 0.6) is 0 Å². The average molecular weight is 1270 g/mol. The normalized spacial score (nSPS) is 24.6. The van der Waals surface area contributed by atoms with Gasteiger partial charge in [0.25, 0.3) is 23.6 Å². The molecule has 24 nitrogen and oxygen atoms in total. The number of likely N-dealkylation sites (N-methyl/N-ethyl adjacent to an activating group) is 1. The van der Waals surface area contributed by atoms with Crippen LogP contribution in [0.1, 0.15) is 130 Å². The molecule has 0 radical (unpaired) electrons. The number of epoxide rings is 1. The molecule has 4 bridgehead atoms. The number of ether oxygens (including phenoxy) is 4. The Kier molecular flexibility index (Phi) is 24.4. The number of urea groups is 1. The third-order valence-electron chi connectivity index (χ3n) is 16.8. The zero-order chi connectivity index (χ0) is 65.8. The van der Waals surface area contributed by atoms with Crippen LogP contribution in [0.3, 0.4) is 0 Å². The number of Topliss-reactive ketones (excluding diaryl/α,β-unsaturated/α-hetero) is 1. The number of unbranched alkanes of at least 4 members (excludes halogenated alkanes) is 2. The Morgan fingerprint density at radius 2 is 1.70 bits per heavy atom. The Hall–Kier alpha value is -7.58. The number of alkyl carbamates (subject to hydrolysis) is 1. The monoisotopic (exact) mass is 1270 g/mol. The number of halogens is 1. The van der Waals surface area contributed by atoms with E-state index in [9.17, 15) is 53.1 Å². The van der Waals surface area contributed by atoms with Gasteiger partial charge in [-0.3, -0.25) is 43.8 Å². The summed E-state index contributed by atoms with van der Waals surface area (Å²) < 4.78 is 24.0. The number of allylic oxidation sites excluding steroid dienone is 3. The molecule has 2 aromatic rings. The number of hydrogen-bond donors (Lipinski definition) is 7. The van der Waals surface area contributed by atoms with E-state index in [0.29, 0.717) is 53.4 Å². The van der Waals surface area contributed by atoms with Crippen molar-refractivity contribution in [1.82, 2.24) is 36.4 Å². The number of fused-ring (bicyclic) bond motifs is 5. The first-order chi connectivity index (χ1) is 41.9. The molecule has 9 amide bonds. The second-order valence-electron chi connectivity index (χ2n) is 23.8. The number of ketones is 1. The maximum Gasteiger partial charge on any atom is 0.409 e. The molecule has 4 heterocycles. The number of methoxy groups -OCH3 is 1. The highest BCUT2D eigenvalue weighted by atomic mass is 35.5. The Morgan fingerprint density at radius 1 is 1.00 bits per heavy atom. The molecule has 484 valence electrons. The Morgan fingerprint density at radius 3 is 2.35 bits per heavy atom. The highest BCUT2D eigenvalue weighted by molar-refractivity contribution is 7.80. The summed E-state index contributed by atoms with van der Waals surface area (Å²) in [5.41, 5.74) is 4.97. The van der Waals surface area contributed by atoms with E-state index >= 15 is 0 Å². The van der Waals surface area contributed by atoms with Crippen LogP contribution in [0.15, 0.2) is 66.3 Å². The van der Waals surface area contributed by atoms with Crippen molar-refractivity contribution in [3.63, 3.8) is 0 Å². The zero-order valence-corrected chi connectivity index (χ0v) is 53.9. The molecule has 4 aliphatic rings. The number of anilines is 1. The Labute approximate surface area is 529 Å². The first-order valence-corrected chi connectivity index (χ1v) is 30.5. The first-order valence-electron chi connectivity index (χ1n) is 29.8. The molecule has 10 atom stereocenters. The number of nitrogens with zero attached hydrogens (tertiary/aromatic N) is 3. The molecule has 0 unspecified atom stereocenters. The minimum Gasteiger partial charge on any atom is -0.457 e. The molecule has 89 heavy (non-hydrogen) atoms. The number of esters is 1. The molecule has 0 spiro atoms. The summed E-state index contributed by atoms with van der Waals surface area (Å²) in [5, 5.41) is 25.8. The van der Waals surface area contributed by atoms with Crippen LogP contribution >= 0.6 is 23.8 Å².